The fourth-order valence-corrected chi connectivity index (χ4v) is 2.50. The average molecular weight is 239 g/mol. The maximum absolute atomic E-state index is 13.0. The van der Waals surface area contributed by atoms with Crippen LogP contribution in [0, 0.1) is 5.92 Å². The normalized spacial score (nSPS) is 31.7. The minimum Gasteiger partial charge on any atom is -0.369 e. The van der Waals surface area contributed by atoms with Crippen molar-refractivity contribution in [3.63, 3.8) is 0 Å². The Morgan fingerprint density at radius 3 is 2.62 bits per heavy atom. The van der Waals surface area contributed by atoms with Gasteiger partial charge in [0.25, 0.3) is 0 Å². The van der Waals surface area contributed by atoms with E-state index < -0.39 is 11.8 Å². The Hall–Kier alpha value is -0.290. The van der Waals surface area contributed by atoms with E-state index in [4.69, 9.17) is 4.74 Å². The van der Waals surface area contributed by atoms with Gasteiger partial charge >= 0.3 is 6.18 Å². The highest BCUT2D eigenvalue weighted by molar-refractivity contribution is 4.94. The van der Waals surface area contributed by atoms with Crippen LogP contribution in [0.5, 0.6) is 0 Å². The molecule has 0 heterocycles. The number of halogens is 3. The predicted molar refractivity (Wildman–Crippen MR) is 56.3 cm³/mol. The quantitative estimate of drug-likeness (QED) is 0.814. The Morgan fingerprint density at radius 2 is 2.12 bits per heavy atom. The summed E-state index contributed by atoms with van der Waals surface area (Å²) in [6, 6.07) is 0. The molecule has 1 saturated carbocycles. The Kier molecular flexibility index (Phi) is 4.62. The lowest BCUT2D eigenvalue weighted by Gasteiger charge is -2.41. The summed E-state index contributed by atoms with van der Waals surface area (Å²) in [5, 5.41) is 2.98. The second-order valence-corrected chi connectivity index (χ2v) is 4.55. The van der Waals surface area contributed by atoms with Gasteiger partial charge in [-0.1, -0.05) is 6.42 Å². The molecule has 0 amide bonds. The first-order valence-corrected chi connectivity index (χ1v) is 5.71. The molecule has 0 saturated heterocycles. The van der Waals surface area contributed by atoms with Gasteiger partial charge < -0.3 is 10.1 Å². The topological polar surface area (TPSA) is 21.3 Å². The number of nitrogens with one attached hydrogen (secondary N) is 1. The molecule has 5 heteroatoms. The summed E-state index contributed by atoms with van der Waals surface area (Å²) in [7, 11) is 2.99. The number of alkyl halides is 3. The van der Waals surface area contributed by atoms with Crippen molar-refractivity contribution in [2.75, 3.05) is 20.7 Å². The predicted octanol–water partition coefficient (Wildman–Crippen LogP) is 2.73. The molecule has 0 aromatic carbocycles. The smallest absolute Gasteiger partial charge is 0.369 e. The lowest BCUT2D eigenvalue weighted by atomic mass is 9.76. The van der Waals surface area contributed by atoms with Crippen LogP contribution < -0.4 is 5.32 Å². The highest BCUT2D eigenvalue weighted by atomic mass is 19.4. The van der Waals surface area contributed by atoms with E-state index in [2.05, 4.69) is 5.32 Å². The third-order valence-electron chi connectivity index (χ3n) is 3.52. The van der Waals surface area contributed by atoms with Gasteiger partial charge in [0.2, 0.25) is 0 Å². The summed E-state index contributed by atoms with van der Waals surface area (Å²) in [5.74, 6) is 0.114. The van der Waals surface area contributed by atoms with Gasteiger partial charge in [-0.25, -0.2) is 0 Å². The van der Waals surface area contributed by atoms with Crippen LogP contribution in [-0.4, -0.2) is 32.5 Å². The Morgan fingerprint density at radius 1 is 1.44 bits per heavy atom. The maximum atomic E-state index is 13.0. The van der Waals surface area contributed by atoms with Crippen molar-refractivity contribution in [1.82, 2.24) is 5.32 Å². The van der Waals surface area contributed by atoms with Crippen molar-refractivity contribution in [3.05, 3.63) is 0 Å². The zero-order chi connectivity index (χ0) is 12.2. The largest absolute Gasteiger partial charge is 0.417 e. The van der Waals surface area contributed by atoms with Crippen LogP contribution in [0.1, 0.15) is 32.1 Å². The molecule has 2 atom stereocenters. The standard InChI is InChI=1S/C11H20F3NO/c1-15-7-5-9-4-3-6-10(8-9,16-2)11(12,13)14/h9,15H,3-8H2,1-2H3. The second-order valence-electron chi connectivity index (χ2n) is 4.55. The molecule has 0 aromatic heterocycles. The molecule has 1 fully saturated rings. The van der Waals surface area contributed by atoms with Crippen LogP contribution in [0.25, 0.3) is 0 Å². The van der Waals surface area contributed by atoms with E-state index in [1.165, 1.54) is 7.11 Å². The van der Waals surface area contributed by atoms with E-state index in [1.54, 1.807) is 0 Å². The lowest BCUT2D eigenvalue weighted by Crippen LogP contribution is -2.50. The van der Waals surface area contributed by atoms with Gasteiger partial charge in [0.1, 0.15) is 0 Å². The van der Waals surface area contributed by atoms with Crippen molar-refractivity contribution in [2.45, 2.75) is 43.9 Å². The molecule has 0 radical (unpaired) electrons. The van der Waals surface area contributed by atoms with Gasteiger partial charge in [-0.2, -0.15) is 13.2 Å². The van der Waals surface area contributed by atoms with Crippen LogP contribution in [0.3, 0.4) is 0 Å². The van der Waals surface area contributed by atoms with E-state index in [9.17, 15) is 13.2 Å². The average Bonchev–Trinajstić information content (AvgIpc) is 2.25. The van der Waals surface area contributed by atoms with Gasteiger partial charge in [0, 0.05) is 7.11 Å². The SMILES string of the molecule is CNCCC1CCCC(OC)(C(F)(F)F)C1. The molecule has 0 spiro atoms. The molecule has 16 heavy (non-hydrogen) atoms. The first-order valence-electron chi connectivity index (χ1n) is 5.71. The van der Waals surface area contributed by atoms with Crippen LogP contribution >= 0.6 is 0 Å². The summed E-state index contributed by atoms with van der Waals surface area (Å²) in [6.07, 6.45) is -1.78. The zero-order valence-corrected chi connectivity index (χ0v) is 9.86. The van der Waals surface area contributed by atoms with E-state index in [1.807, 2.05) is 7.05 Å². The molecule has 2 nitrogen and oxygen atoms in total. The molecule has 2 unspecified atom stereocenters. The summed E-state index contributed by atoms with van der Waals surface area (Å²) in [6.45, 7) is 0.766. The third kappa shape index (κ3) is 2.88. The van der Waals surface area contributed by atoms with Crippen molar-refractivity contribution < 1.29 is 17.9 Å². The van der Waals surface area contributed by atoms with Crippen LogP contribution in [0.15, 0.2) is 0 Å². The molecule has 1 N–H and O–H groups in total. The van der Waals surface area contributed by atoms with E-state index in [0.29, 0.717) is 6.42 Å². The van der Waals surface area contributed by atoms with Crippen molar-refractivity contribution in [2.24, 2.45) is 5.92 Å². The minimum atomic E-state index is -4.25. The molecular weight excluding hydrogens is 219 g/mol. The molecular formula is C11H20F3NO. The number of hydrogen-bond acceptors (Lipinski definition) is 2. The van der Waals surface area contributed by atoms with Crippen LogP contribution in [-0.2, 0) is 4.74 Å². The summed E-state index contributed by atoms with van der Waals surface area (Å²) in [5.41, 5.74) is -1.90. The lowest BCUT2D eigenvalue weighted by molar-refractivity contribution is -0.284. The first-order chi connectivity index (χ1) is 7.45. The minimum absolute atomic E-state index is 0.100. The molecule has 0 bridgehead atoms. The van der Waals surface area contributed by atoms with E-state index >= 15 is 0 Å². The monoisotopic (exact) mass is 239 g/mol. The fourth-order valence-electron chi connectivity index (χ4n) is 2.50. The number of ether oxygens (including phenoxy) is 1. The van der Waals surface area contributed by atoms with Gasteiger partial charge in [-0.05, 0) is 45.2 Å². The number of hydrogen-bond donors (Lipinski definition) is 1. The Labute approximate surface area is 94.5 Å². The summed E-state index contributed by atoms with van der Waals surface area (Å²) < 4.78 is 43.7. The van der Waals surface area contributed by atoms with Gasteiger partial charge in [-0.15, -0.1) is 0 Å². The molecule has 0 aliphatic heterocycles. The number of rotatable bonds is 4. The molecule has 1 aliphatic carbocycles. The highest BCUT2D eigenvalue weighted by Gasteiger charge is 2.56. The second kappa shape index (κ2) is 5.36. The fraction of sp³-hybridized carbons (Fsp3) is 1.00. The number of methoxy groups -OCH3 is 1. The molecule has 1 rings (SSSR count). The molecule has 1 aliphatic rings. The van der Waals surface area contributed by atoms with E-state index in [-0.39, 0.29) is 18.8 Å². The van der Waals surface area contributed by atoms with Crippen molar-refractivity contribution in [3.8, 4) is 0 Å². The Bertz CT molecular complexity index is 220. The summed E-state index contributed by atoms with van der Waals surface area (Å²) >= 11 is 0. The Balaban J connectivity index is 2.65. The molecule has 96 valence electrons. The zero-order valence-electron chi connectivity index (χ0n) is 9.86. The maximum Gasteiger partial charge on any atom is 0.417 e. The van der Waals surface area contributed by atoms with Crippen LogP contribution in [0.4, 0.5) is 13.2 Å². The first kappa shape index (κ1) is 13.8. The van der Waals surface area contributed by atoms with Gasteiger partial charge in [-0.3, -0.25) is 0 Å². The van der Waals surface area contributed by atoms with E-state index in [0.717, 1.165) is 19.4 Å². The van der Waals surface area contributed by atoms with Crippen molar-refractivity contribution >= 4 is 0 Å². The highest BCUT2D eigenvalue weighted by Crippen LogP contribution is 2.46. The van der Waals surface area contributed by atoms with Gasteiger partial charge in [0.05, 0.1) is 0 Å². The summed E-state index contributed by atoms with van der Waals surface area (Å²) in [4.78, 5) is 0. The van der Waals surface area contributed by atoms with Crippen molar-refractivity contribution in [1.29, 1.82) is 0 Å². The van der Waals surface area contributed by atoms with Crippen LogP contribution in [0.2, 0.25) is 0 Å². The van der Waals surface area contributed by atoms with Gasteiger partial charge in [0.15, 0.2) is 5.60 Å². The third-order valence-corrected chi connectivity index (χ3v) is 3.52. The molecule has 0 aromatic rings.